The van der Waals surface area contributed by atoms with E-state index in [4.69, 9.17) is 0 Å². The third-order valence-electron chi connectivity index (χ3n) is 3.74. The third-order valence-corrected chi connectivity index (χ3v) is 3.74. The zero-order chi connectivity index (χ0) is 14.0. The molecular formula is C15H24N4. The molecule has 0 aliphatic carbocycles. The summed E-state index contributed by atoms with van der Waals surface area (Å²) >= 11 is 0. The van der Waals surface area contributed by atoms with Crippen LogP contribution >= 0.6 is 0 Å². The maximum Gasteiger partial charge on any atom is 0.0638 e. The quantitative estimate of drug-likeness (QED) is 0.896. The molecule has 2 heterocycles. The topological polar surface area (TPSA) is 34.8 Å². The predicted octanol–water partition coefficient (Wildman–Crippen LogP) is 2.46. The number of rotatable bonds is 5. The first-order valence-electron chi connectivity index (χ1n) is 6.88. The molecule has 0 spiro atoms. The van der Waals surface area contributed by atoms with E-state index in [1.54, 1.807) is 0 Å². The fourth-order valence-electron chi connectivity index (χ4n) is 2.69. The van der Waals surface area contributed by atoms with Crippen LogP contribution in [0.2, 0.25) is 0 Å². The Kier molecular flexibility index (Phi) is 4.10. The van der Waals surface area contributed by atoms with Gasteiger partial charge in [-0.1, -0.05) is 0 Å². The first-order chi connectivity index (χ1) is 9.02. The Morgan fingerprint density at radius 1 is 1.16 bits per heavy atom. The molecule has 0 radical (unpaired) electrons. The van der Waals surface area contributed by atoms with E-state index in [2.05, 4.69) is 54.9 Å². The zero-order valence-electron chi connectivity index (χ0n) is 12.6. The van der Waals surface area contributed by atoms with Gasteiger partial charge in [0.2, 0.25) is 0 Å². The van der Waals surface area contributed by atoms with Crippen LogP contribution in [0.15, 0.2) is 12.3 Å². The zero-order valence-corrected chi connectivity index (χ0v) is 12.6. The van der Waals surface area contributed by atoms with E-state index < -0.39 is 0 Å². The first-order valence-corrected chi connectivity index (χ1v) is 6.88. The molecule has 2 rings (SSSR count). The van der Waals surface area contributed by atoms with Crippen LogP contribution in [0.4, 0.5) is 0 Å². The Morgan fingerprint density at radius 3 is 2.37 bits per heavy atom. The molecule has 0 atom stereocenters. The normalized spacial score (nSPS) is 11.2. The molecule has 1 N–H and O–H groups in total. The van der Waals surface area contributed by atoms with Crippen LogP contribution in [0.25, 0.3) is 0 Å². The lowest BCUT2D eigenvalue weighted by Gasteiger charge is -2.07. The fraction of sp³-hybridized carbons (Fsp3) is 0.533. The second kappa shape index (κ2) is 5.61. The number of hydrogen-bond donors (Lipinski definition) is 1. The number of hydrogen-bond acceptors (Lipinski definition) is 2. The average Bonchev–Trinajstić information content (AvgIpc) is 2.80. The Morgan fingerprint density at radius 2 is 1.84 bits per heavy atom. The lowest BCUT2D eigenvalue weighted by Crippen LogP contribution is -2.13. The minimum Gasteiger partial charge on any atom is -0.349 e. The predicted molar refractivity (Wildman–Crippen MR) is 78.1 cm³/mol. The molecule has 2 aromatic heterocycles. The molecule has 0 aromatic carbocycles. The second-order valence-corrected chi connectivity index (χ2v) is 5.16. The van der Waals surface area contributed by atoms with E-state index in [1.807, 2.05) is 11.7 Å². The second-order valence-electron chi connectivity index (χ2n) is 5.16. The minimum atomic E-state index is 0.871. The highest BCUT2D eigenvalue weighted by molar-refractivity contribution is 5.26. The Balaban J connectivity index is 1.98. The molecule has 19 heavy (non-hydrogen) atoms. The van der Waals surface area contributed by atoms with Crippen molar-refractivity contribution in [1.82, 2.24) is 19.7 Å². The fourth-order valence-corrected chi connectivity index (χ4v) is 2.69. The van der Waals surface area contributed by atoms with Gasteiger partial charge in [-0.05, 0) is 39.3 Å². The van der Waals surface area contributed by atoms with Gasteiger partial charge in [0, 0.05) is 49.8 Å². The van der Waals surface area contributed by atoms with Crippen molar-refractivity contribution in [2.24, 2.45) is 7.05 Å². The van der Waals surface area contributed by atoms with Gasteiger partial charge in [0.1, 0.15) is 0 Å². The molecule has 0 unspecified atom stereocenters. The molecule has 104 valence electrons. The Bertz CT molecular complexity index is 563. The lowest BCUT2D eigenvalue weighted by molar-refractivity contribution is 0.673. The van der Waals surface area contributed by atoms with Crippen LogP contribution in [0.5, 0.6) is 0 Å². The van der Waals surface area contributed by atoms with Crippen molar-refractivity contribution in [3.63, 3.8) is 0 Å². The number of aryl methyl sites for hydroxylation is 3. The van der Waals surface area contributed by atoms with E-state index in [1.165, 1.54) is 22.5 Å². The van der Waals surface area contributed by atoms with E-state index in [0.717, 1.165) is 25.3 Å². The molecule has 0 fully saturated rings. The highest BCUT2D eigenvalue weighted by atomic mass is 15.2. The van der Waals surface area contributed by atoms with Crippen molar-refractivity contribution >= 4 is 0 Å². The van der Waals surface area contributed by atoms with Crippen molar-refractivity contribution in [1.29, 1.82) is 0 Å². The number of nitrogens with zero attached hydrogens (tertiary/aromatic N) is 3. The largest absolute Gasteiger partial charge is 0.349 e. The lowest BCUT2D eigenvalue weighted by atomic mass is 10.2. The molecule has 0 saturated carbocycles. The summed E-state index contributed by atoms with van der Waals surface area (Å²) in [4.78, 5) is 0. The molecular weight excluding hydrogens is 236 g/mol. The van der Waals surface area contributed by atoms with Gasteiger partial charge in [-0.2, -0.15) is 5.10 Å². The highest BCUT2D eigenvalue weighted by Crippen LogP contribution is 2.15. The van der Waals surface area contributed by atoms with Crippen molar-refractivity contribution in [3.05, 3.63) is 40.5 Å². The van der Waals surface area contributed by atoms with Crippen LogP contribution in [-0.4, -0.2) is 14.3 Å². The average molecular weight is 260 g/mol. The van der Waals surface area contributed by atoms with Gasteiger partial charge in [-0.25, -0.2) is 0 Å². The molecule has 0 amide bonds. The van der Waals surface area contributed by atoms with Crippen molar-refractivity contribution in [3.8, 4) is 0 Å². The summed E-state index contributed by atoms with van der Waals surface area (Å²) in [5.41, 5.74) is 6.48. The minimum absolute atomic E-state index is 0.871. The van der Waals surface area contributed by atoms with Gasteiger partial charge in [0.05, 0.1) is 5.69 Å². The summed E-state index contributed by atoms with van der Waals surface area (Å²) in [5.74, 6) is 0. The van der Waals surface area contributed by atoms with Gasteiger partial charge in [0.25, 0.3) is 0 Å². The molecule has 4 heteroatoms. The summed E-state index contributed by atoms with van der Waals surface area (Å²) < 4.78 is 4.22. The summed E-state index contributed by atoms with van der Waals surface area (Å²) in [5, 5.41) is 7.87. The summed E-state index contributed by atoms with van der Waals surface area (Å²) in [6.45, 7) is 11.4. The molecule has 0 aliphatic rings. The monoisotopic (exact) mass is 260 g/mol. The molecule has 0 saturated heterocycles. The van der Waals surface area contributed by atoms with E-state index >= 15 is 0 Å². The summed E-state index contributed by atoms with van der Waals surface area (Å²) in [6, 6.07) is 2.28. The van der Waals surface area contributed by atoms with Crippen molar-refractivity contribution in [2.75, 3.05) is 0 Å². The van der Waals surface area contributed by atoms with Gasteiger partial charge in [-0.3, -0.25) is 4.68 Å². The van der Waals surface area contributed by atoms with E-state index in [-0.39, 0.29) is 0 Å². The molecule has 0 bridgehead atoms. The van der Waals surface area contributed by atoms with Gasteiger partial charge in [-0.15, -0.1) is 0 Å². The molecule has 2 aromatic rings. The van der Waals surface area contributed by atoms with Crippen LogP contribution in [-0.2, 0) is 26.7 Å². The smallest absolute Gasteiger partial charge is 0.0638 e. The Labute approximate surface area is 115 Å². The standard InChI is InChI=1S/C15H24N4/c1-6-19-11(2)7-14(13(19)4)8-16-9-15-10-18(5)17-12(15)3/h7,10,16H,6,8-9H2,1-5H3. The maximum atomic E-state index is 4.36. The SMILES string of the molecule is CCn1c(C)cc(CNCc2cn(C)nc2C)c1C. The summed E-state index contributed by atoms with van der Waals surface area (Å²) in [7, 11) is 1.96. The third kappa shape index (κ3) is 2.89. The first kappa shape index (κ1) is 13.9. The van der Waals surface area contributed by atoms with Crippen LogP contribution in [0.3, 0.4) is 0 Å². The van der Waals surface area contributed by atoms with Gasteiger partial charge >= 0.3 is 0 Å². The molecule has 4 nitrogen and oxygen atoms in total. The van der Waals surface area contributed by atoms with Gasteiger partial charge < -0.3 is 9.88 Å². The summed E-state index contributed by atoms with van der Waals surface area (Å²) in [6.07, 6.45) is 2.08. The van der Waals surface area contributed by atoms with Crippen LogP contribution in [0, 0.1) is 20.8 Å². The number of nitrogens with one attached hydrogen (secondary N) is 1. The van der Waals surface area contributed by atoms with Crippen LogP contribution in [0.1, 0.15) is 35.1 Å². The molecule has 0 aliphatic heterocycles. The highest BCUT2D eigenvalue weighted by Gasteiger charge is 2.08. The van der Waals surface area contributed by atoms with Crippen molar-refractivity contribution in [2.45, 2.75) is 47.3 Å². The maximum absolute atomic E-state index is 4.36. The van der Waals surface area contributed by atoms with E-state index in [0.29, 0.717) is 0 Å². The van der Waals surface area contributed by atoms with Crippen molar-refractivity contribution < 1.29 is 0 Å². The number of aromatic nitrogens is 3. The Hall–Kier alpha value is -1.55. The van der Waals surface area contributed by atoms with Gasteiger partial charge in [0.15, 0.2) is 0 Å². The van der Waals surface area contributed by atoms with Crippen LogP contribution < -0.4 is 5.32 Å². The van der Waals surface area contributed by atoms with E-state index in [9.17, 15) is 0 Å².